The van der Waals surface area contributed by atoms with Crippen LogP contribution in [0.3, 0.4) is 0 Å². The number of nitrogens with one attached hydrogen (secondary N) is 1. The minimum atomic E-state index is -0.0450. The first kappa shape index (κ1) is 15.4. The van der Waals surface area contributed by atoms with Gasteiger partial charge in [-0.05, 0) is 33.8 Å². The molecule has 3 N–H and O–H groups in total. The second kappa shape index (κ2) is 7.09. The van der Waals surface area contributed by atoms with Gasteiger partial charge in [-0.3, -0.25) is 10.3 Å². The summed E-state index contributed by atoms with van der Waals surface area (Å²) >= 11 is 0. The van der Waals surface area contributed by atoms with E-state index in [4.69, 9.17) is 15.9 Å². The first-order chi connectivity index (χ1) is 8.91. The van der Waals surface area contributed by atoms with Crippen LogP contribution in [0.2, 0.25) is 0 Å². The highest BCUT2D eigenvalue weighted by Crippen LogP contribution is 2.09. The van der Waals surface area contributed by atoms with Crippen molar-refractivity contribution in [1.29, 1.82) is 5.41 Å². The molecule has 1 aromatic rings. The molecule has 0 aliphatic heterocycles. The molecule has 0 amide bonds. The van der Waals surface area contributed by atoms with Crippen LogP contribution in [0.15, 0.2) is 18.2 Å². The van der Waals surface area contributed by atoms with Crippen LogP contribution in [-0.4, -0.2) is 41.0 Å². The zero-order chi connectivity index (χ0) is 14.4. The van der Waals surface area contributed by atoms with E-state index in [9.17, 15) is 0 Å². The van der Waals surface area contributed by atoms with E-state index in [1.165, 1.54) is 0 Å². The Kier molecular flexibility index (Phi) is 5.76. The molecule has 5 nitrogen and oxygen atoms in total. The Bertz CT molecular complexity index is 410. The third-order valence-corrected chi connectivity index (χ3v) is 2.93. The summed E-state index contributed by atoms with van der Waals surface area (Å²) in [5, 5.41) is 7.34. The average Bonchev–Trinajstić information content (AvgIpc) is 2.34. The lowest BCUT2D eigenvalue weighted by atomic mass is 10.2. The maximum atomic E-state index is 7.34. The maximum Gasteiger partial charge on any atom is 0.213 e. The fraction of sp³-hybridized carbons (Fsp3) is 0.571. The minimum absolute atomic E-state index is 0.0450. The van der Waals surface area contributed by atoms with Crippen LogP contribution >= 0.6 is 0 Å². The second-order valence-electron chi connectivity index (χ2n) is 5.05. The predicted molar refractivity (Wildman–Crippen MR) is 77.7 cm³/mol. The number of nitrogens with zero attached hydrogens (tertiary/aromatic N) is 2. The molecule has 1 heterocycles. The number of rotatable bonds is 7. The number of nitrogens with two attached hydrogens (primary N) is 1. The van der Waals surface area contributed by atoms with E-state index in [1.807, 2.05) is 0 Å². The summed E-state index contributed by atoms with van der Waals surface area (Å²) in [4.78, 5) is 6.52. The van der Waals surface area contributed by atoms with Gasteiger partial charge in [-0.1, -0.05) is 6.07 Å². The van der Waals surface area contributed by atoms with Crippen LogP contribution in [0, 0.1) is 5.41 Å². The largest absolute Gasteiger partial charge is 0.476 e. The first-order valence-electron chi connectivity index (χ1n) is 6.61. The SMILES string of the molecule is CC(C)N(CCOc1cccc(C(=N)N)n1)C(C)C. The van der Waals surface area contributed by atoms with Crippen molar-refractivity contribution in [2.75, 3.05) is 13.2 Å². The molecular weight excluding hydrogens is 240 g/mol. The Labute approximate surface area is 115 Å². The molecule has 0 atom stereocenters. The fourth-order valence-corrected chi connectivity index (χ4v) is 2.01. The van der Waals surface area contributed by atoms with E-state index in [-0.39, 0.29) is 5.84 Å². The zero-order valence-corrected chi connectivity index (χ0v) is 12.2. The lowest BCUT2D eigenvalue weighted by Crippen LogP contribution is -2.39. The molecule has 0 fully saturated rings. The molecule has 0 unspecified atom stereocenters. The van der Waals surface area contributed by atoms with Gasteiger partial charge in [-0.25, -0.2) is 4.98 Å². The van der Waals surface area contributed by atoms with Crippen LogP contribution in [0.25, 0.3) is 0 Å². The molecule has 1 rings (SSSR count). The highest BCUT2D eigenvalue weighted by Gasteiger charge is 2.13. The molecule has 0 aliphatic rings. The topological polar surface area (TPSA) is 75.2 Å². The summed E-state index contributed by atoms with van der Waals surface area (Å²) in [7, 11) is 0. The van der Waals surface area contributed by atoms with Gasteiger partial charge in [0.1, 0.15) is 18.1 Å². The van der Waals surface area contributed by atoms with Crippen LogP contribution in [0.1, 0.15) is 33.4 Å². The number of nitrogen functional groups attached to an aromatic ring is 1. The van der Waals surface area contributed by atoms with E-state index < -0.39 is 0 Å². The second-order valence-corrected chi connectivity index (χ2v) is 5.05. The van der Waals surface area contributed by atoms with Crippen LogP contribution in [-0.2, 0) is 0 Å². The molecule has 19 heavy (non-hydrogen) atoms. The highest BCUT2D eigenvalue weighted by molar-refractivity contribution is 5.93. The smallest absolute Gasteiger partial charge is 0.213 e. The minimum Gasteiger partial charge on any atom is -0.476 e. The van der Waals surface area contributed by atoms with Crippen molar-refractivity contribution >= 4 is 5.84 Å². The van der Waals surface area contributed by atoms with Gasteiger partial charge in [0.15, 0.2) is 0 Å². The monoisotopic (exact) mass is 264 g/mol. The standard InChI is InChI=1S/C14H24N4O/c1-10(2)18(11(3)4)8-9-19-13-7-5-6-12(17-13)14(15)16/h5-7,10-11H,8-9H2,1-4H3,(H3,15,16). The van der Waals surface area contributed by atoms with Crippen molar-refractivity contribution in [2.45, 2.75) is 39.8 Å². The van der Waals surface area contributed by atoms with Crippen molar-refractivity contribution in [1.82, 2.24) is 9.88 Å². The van der Waals surface area contributed by atoms with Crippen LogP contribution < -0.4 is 10.5 Å². The Morgan fingerprint density at radius 3 is 2.47 bits per heavy atom. The van der Waals surface area contributed by atoms with Crippen LogP contribution in [0.5, 0.6) is 5.88 Å². The van der Waals surface area contributed by atoms with Crippen molar-refractivity contribution in [3.63, 3.8) is 0 Å². The number of pyridine rings is 1. The molecule has 0 spiro atoms. The van der Waals surface area contributed by atoms with Crippen molar-refractivity contribution in [2.24, 2.45) is 5.73 Å². The van der Waals surface area contributed by atoms with Crippen molar-refractivity contribution in [3.05, 3.63) is 23.9 Å². The molecule has 0 saturated carbocycles. The number of amidine groups is 1. The van der Waals surface area contributed by atoms with E-state index in [1.54, 1.807) is 18.2 Å². The van der Waals surface area contributed by atoms with Crippen molar-refractivity contribution in [3.8, 4) is 5.88 Å². The highest BCUT2D eigenvalue weighted by atomic mass is 16.5. The Morgan fingerprint density at radius 2 is 1.95 bits per heavy atom. The van der Waals surface area contributed by atoms with E-state index in [2.05, 4.69) is 37.6 Å². The number of hydrogen-bond acceptors (Lipinski definition) is 4. The maximum absolute atomic E-state index is 7.34. The molecule has 0 aromatic carbocycles. The van der Waals surface area contributed by atoms with Gasteiger partial charge in [0.2, 0.25) is 5.88 Å². The summed E-state index contributed by atoms with van der Waals surface area (Å²) in [5.74, 6) is 0.469. The van der Waals surface area contributed by atoms with Gasteiger partial charge >= 0.3 is 0 Å². The zero-order valence-electron chi connectivity index (χ0n) is 12.2. The predicted octanol–water partition coefficient (Wildman–Crippen LogP) is 1.86. The first-order valence-corrected chi connectivity index (χ1v) is 6.61. The van der Waals surface area contributed by atoms with Gasteiger partial charge in [0, 0.05) is 24.7 Å². The average molecular weight is 264 g/mol. The molecule has 5 heteroatoms. The van der Waals surface area contributed by atoms with Gasteiger partial charge in [0.05, 0.1) is 0 Å². The molecule has 0 radical (unpaired) electrons. The molecule has 106 valence electrons. The third-order valence-electron chi connectivity index (χ3n) is 2.93. The summed E-state index contributed by atoms with van der Waals surface area (Å²) in [6.45, 7) is 10.1. The molecular formula is C14H24N4O. The number of ether oxygens (including phenoxy) is 1. The Morgan fingerprint density at radius 1 is 1.32 bits per heavy atom. The van der Waals surface area contributed by atoms with Crippen molar-refractivity contribution < 1.29 is 4.74 Å². The third kappa shape index (κ3) is 4.87. The van der Waals surface area contributed by atoms with E-state index >= 15 is 0 Å². The summed E-state index contributed by atoms with van der Waals surface area (Å²) < 4.78 is 5.62. The van der Waals surface area contributed by atoms with E-state index in [0.29, 0.717) is 30.3 Å². The number of aromatic nitrogens is 1. The lowest BCUT2D eigenvalue weighted by molar-refractivity contribution is 0.140. The van der Waals surface area contributed by atoms with Gasteiger partial charge in [-0.15, -0.1) is 0 Å². The van der Waals surface area contributed by atoms with Gasteiger partial charge in [0.25, 0.3) is 0 Å². The quantitative estimate of drug-likeness (QED) is 0.582. The van der Waals surface area contributed by atoms with Crippen LogP contribution in [0.4, 0.5) is 0 Å². The Hall–Kier alpha value is -1.62. The normalized spacial score (nSPS) is 11.3. The molecule has 0 saturated heterocycles. The van der Waals surface area contributed by atoms with Gasteiger partial charge < -0.3 is 10.5 Å². The van der Waals surface area contributed by atoms with Gasteiger partial charge in [-0.2, -0.15) is 0 Å². The fourth-order valence-electron chi connectivity index (χ4n) is 2.01. The lowest BCUT2D eigenvalue weighted by Gasteiger charge is -2.30. The summed E-state index contributed by atoms with van der Waals surface area (Å²) in [6, 6.07) is 6.24. The molecule has 0 bridgehead atoms. The summed E-state index contributed by atoms with van der Waals surface area (Å²) in [6.07, 6.45) is 0. The molecule has 0 aliphatic carbocycles. The van der Waals surface area contributed by atoms with E-state index in [0.717, 1.165) is 6.54 Å². The summed E-state index contributed by atoms with van der Waals surface area (Å²) in [5.41, 5.74) is 5.84. The number of hydrogen-bond donors (Lipinski definition) is 2. The molecule has 1 aromatic heterocycles. The Balaban J connectivity index is 2.53.